The van der Waals surface area contributed by atoms with Crippen LogP contribution in [0, 0.1) is 0 Å². The summed E-state index contributed by atoms with van der Waals surface area (Å²) >= 11 is 1.47. The summed E-state index contributed by atoms with van der Waals surface area (Å²) in [7, 11) is 0. The molecule has 0 saturated carbocycles. The number of esters is 1. The summed E-state index contributed by atoms with van der Waals surface area (Å²) < 4.78 is 5.01. The molecule has 0 aliphatic heterocycles. The minimum Gasteiger partial charge on any atom is -0.464 e. The van der Waals surface area contributed by atoms with Crippen LogP contribution in [0.4, 0.5) is 0 Å². The topological polar surface area (TPSA) is 52.3 Å². The Morgan fingerprint density at radius 3 is 3.07 bits per heavy atom. The molecule has 4 heteroatoms. The highest BCUT2D eigenvalue weighted by atomic mass is 32.1. The highest BCUT2D eigenvalue weighted by Crippen LogP contribution is 2.17. The first kappa shape index (κ1) is 11.2. The Hall–Kier alpha value is -0.870. The van der Waals surface area contributed by atoms with Gasteiger partial charge in [-0.3, -0.25) is 0 Å². The van der Waals surface area contributed by atoms with E-state index in [2.05, 4.69) is 0 Å². The molecule has 1 heterocycles. The molecule has 2 N–H and O–H groups in total. The minimum absolute atomic E-state index is 0.332. The summed E-state index contributed by atoms with van der Waals surface area (Å²) in [5.41, 5.74) is 5.70. The Morgan fingerprint density at radius 2 is 2.50 bits per heavy atom. The van der Waals surface area contributed by atoms with Gasteiger partial charge in [0.15, 0.2) is 0 Å². The molecule has 0 bridgehead atoms. The summed E-state index contributed by atoms with van der Waals surface area (Å²) in [6, 6.07) is 3.10. The third-order valence-corrected chi connectivity index (χ3v) is 2.80. The first-order valence-electron chi connectivity index (χ1n) is 4.71. The van der Waals surface area contributed by atoms with Gasteiger partial charge >= 0.3 is 5.97 Å². The quantitative estimate of drug-likeness (QED) is 0.602. The molecule has 0 radical (unpaired) electrons. The number of ether oxygens (including phenoxy) is 1. The summed E-state index contributed by atoms with van der Waals surface area (Å²) in [5, 5.41) is 1.90. The van der Waals surface area contributed by atoms with Gasteiger partial charge in [-0.25, -0.2) is 4.79 Å². The third-order valence-electron chi connectivity index (χ3n) is 1.85. The first-order chi connectivity index (χ1) is 6.75. The fourth-order valence-electron chi connectivity index (χ4n) is 0.991. The van der Waals surface area contributed by atoms with Crippen molar-refractivity contribution >= 4 is 17.3 Å². The van der Waals surface area contributed by atoms with E-state index in [0.717, 1.165) is 17.7 Å². The van der Waals surface area contributed by atoms with Gasteiger partial charge in [-0.1, -0.05) is 19.4 Å². The second kappa shape index (κ2) is 5.78. The van der Waals surface area contributed by atoms with Gasteiger partial charge in [0.25, 0.3) is 0 Å². The van der Waals surface area contributed by atoms with Crippen LogP contribution >= 0.6 is 11.3 Å². The zero-order chi connectivity index (χ0) is 10.4. The summed E-state index contributed by atoms with van der Waals surface area (Å²) in [5.74, 6) is -0.332. The van der Waals surface area contributed by atoms with E-state index in [1.54, 1.807) is 0 Å². The van der Waals surface area contributed by atoms with E-state index in [0.29, 0.717) is 6.61 Å². The molecule has 1 aromatic rings. The fraction of sp³-hybridized carbons (Fsp3) is 0.500. The van der Waals surface area contributed by atoms with Crippen LogP contribution in [0.15, 0.2) is 17.5 Å². The van der Waals surface area contributed by atoms with Crippen LogP contribution in [0.5, 0.6) is 0 Å². The van der Waals surface area contributed by atoms with Gasteiger partial charge in [0.1, 0.15) is 6.04 Å². The molecule has 0 aromatic carbocycles. The van der Waals surface area contributed by atoms with Crippen LogP contribution in [-0.2, 0) is 9.53 Å². The van der Waals surface area contributed by atoms with Crippen molar-refractivity contribution in [2.45, 2.75) is 25.8 Å². The molecule has 1 rings (SSSR count). The smallest absolute Gasteiger partial charge is 0.328 e. The molecular formula is C10H15NO2S. The number of hydrogen-bond acceptors (Lipinski definition) is 4. The molecule has 0 fully saturated rings. The average molecular weight is 213 g/mol. The van der Waals surface area contributed by atoms with Crippen molar-refractivity contribution in [1.82, 2.24) is 0 Å². The van der Waals surface area contributed by atoms with Gasteiger partial charge in [0, 0.05) is 4.88 Å². The molecule has 0 aliphatic carbocycles. The maximum atomic E-state index is 11.4. The van der Waals surface area contributed by atoms with Crippen LogP contribution in [0.3, 0.4) is 0 Å². The van der Waals surface area contributed by atoms with Crippen LogP contribution in [0.1, 0.15) is 30.7 Å². The second-order valence-corrected chi connectivity index (χ2v) is 3.99. The van der Waals surface area contributed by atoms with Crippen LogP contribution in [0.2, 0.25) is 0 Å². The SMILES string of the molecule is CCCCOC(=O)C(N)c1cccs1. The van der Waals surface area contributed by atoms with Gasteiger partial charge in [-0.15, -0.1) is 11.3 Å². The number of hydrogen-bond donors (Lipinski definition) is 1. The number of rotatable bonds is 5. The molecule has 0 aliphatic rings. The highest BCUT2D eigenvalue weighted by molar-refractivity contribution is 7.10. The second-order valence-electron chi connectivity index (χ2n) is 3.01. The first-order valence-corrected chi connectivity index (χ1v) is 5.59. The van der Waals surface area contributed by atoms with Gasteiger partial charge in [0.2, 0.25) is 0 Å². The normalized spacial score (nSPS) is 12.4. The summed E-state index contributed by atoms with van der Waals surface area (Å²) in [6.07, 6.45) is 1.91. The van der Waals surface area contributed by atoms with Crippen molar-refractivity contribution in [3.8, 4) is 0 Å². The number of carbonyl (C=O) groups is 1. The lowest BCUT2D eigenvalue weighted by atomic mass is 10.2. The van der Waals surface area contributed by atoms with Gasteiger partial charge in [-0.2, -0.15) is 0 Å². The standard InChI is InChI=1S/C10H15NO2S/c1-2-3-6-13-10(12)9(11)8-5-4-7-14-8/h4-5,7,9H,2-3,6,11H2,1H3. The number of unbranched alkanes of at least 4 members (excludes halogenated alkanes) is 1. The zero-order valence-electron chi connectivity index (χ0n) is 8.23. The molecule has 0 saturated heterocycles. The van der Waals surface area contributed by atoms with Gasteiger partial charge in [-0.05, 0) is 17.9 Å². The molecular weight excluding hydrogens is 198 g/mol. The van der Waals surface area contributed by atoms with E-state index in [1.807, 2.05) is 24.4 Å². The monoisotopic (exact) mass is 213 g/mol. The Bertz CT molecular complexity index is 272. The van der Waals surface area contributed by atoms with Crippen LogP contribution in [0.25, 0.3) is 0 Å². The molecule has 1 unspecified atom stereocenters. The minimum atomic E-state index is -0.619. The fourth-order valence-corrected chi connectivity index (χ4v) is 1.71. The van der Waals surface area contributed by atoms with Crippen LogP contribution in [-0.4, -0.2) is 12.6 Å². The van der Waals surface area contributed by atoms with Gasteiger partial charge in [0.05, 0.1) is 6.61 Å². The molecule has 14 heavy (non-hydrogen) atoms. The maximum absolute atomic E-state index is 11.4. The zero-order valence-corrected chi connectivity index (χ0v) is 9.05. The molecule has 3 nitrogen and oxygen atoms in total. The summed E-state index contributed by atoms with van der Waals surface area (Å²) in [4.78, 5) is 12.2. The Balaban J connectivity index is 2.37. The van der Waals surface area contributed by atoms with E-state index in [4.69, 9.17) is 10.5 Å². The van der Waals surface area contributed by atoms with E-state index in [1.165, 1.54) is 11.3 Å². The van der Waals surface area contributed by atoms with E-state index in [-0.39, 0.29) is 5.97 Å². The largest absolute Gasteiger partial charge is 0.464 e. The highest BCUT2D eigenvalue weighted by Gasteiger charge is 2.17. The molecule has 1 atom stereocenters. The van der Waals surface area contributed by atoms with Crippen molar-refractivity contribution in [3.63, 3.8) is 0 Å². The van der Waals surface area contributed by atoms with E-state index >= 15 is 0 Å². The van der Waals surface area contributed by atoms with Crippen molar-refractivity contribution in [2.24, 2.45) is 5.73 Å². The van der Waals surface area contributed by atoms with Gasteiger partial charge < -0.3 is 10.5 Å². The number of thiophene rings is 1. The molecule has 0 amide bonds. The number of nitrogens with two attached hydrogens (primary N) is 1. The molecule has 1 aromatic heterocycles. The third kappa shape index (κ3) is 3.12. The Kier molecular flexibility index (Phi) is 4.62. The lowest BCUT2D eigenvalue weighted by Crippen LogP contribution is -2.23. The van der Waals surface area contributed by atoms with Crippen molar-refractivity contribution in [3.05, 3.63) is 22.4 Å². The molecule has 78 valence electrons. The Morgan fingerprint density at radius 1 is 1.71 bits per heavy atom. The Labute approximate surface area is 87.9 Å². The number of carbonyl (C=O) groups excluding carboxylic acids is 1. The van der Waals surface area contributed by atoms with Crippen molar-refractivity contribution in [1.29, 1.82) is 0 Å². The van der Waals surface area contributed by atoms with E-state index < -0.39 is 6.04 Å². The lowest BCUT2D eigenvalue weighted by Gasteiger charge is -2.09. The van der Waals surface area contributed by atoms with Crippen molar-refractivity contribution in [2.75, 3.05) is 6.61 Å². The van der Waals surface area contributed by atoms with Crippen LogP contribution < -0.4 is 5.73 Å². The van der Waals surface area contributed by atoms with Crippen molar-refractivity contribution < 1.29 is 9.53 Å². The lowest BCUT2D eigenvalue weighted by molar-refractivity contribution is -0.145. The average Bonchev–Trinajstić information content (AvgIpc) is 2.69. The predicted octanol–water partition coefficient (Wildman–Crippen LogP) is 2.09. The summed E-state index contributed by atoms with van der Waals surface area (Å²) in [6.45, 7) is 2.52. The van der Waals surface area contributed by atoms with E-state index in [9.17, 15) is 4.79 Å². The predicted molar refractivity (Wildman–Crippen MR) is 57.1 cm³/mol. The maximum Gasteiger partial charge on any atom is 0.328 e. The molecule has 0 spiro atoms.